The summed E-state index contributed by atoms with van der Waals surface area (Å²) in [5, 5.41) is 12.8. The van der Waals surface area contributed by atoms with Crippen LogP contribution in [0.15, 0.2) is 42.7 Å². The van der Waals surface area contributed by atoms with Gasteiger partial charge in [0.1, 0.15) is 18.4 Å². The number of likely N-dealkylation sites (tertiary alicyclic amines) is 1. The molecule has 3 fully saturated rings. The Balaban J connectivity index is 1.14. The van der Waals surface area contributed by atoms with Gasteiger partial charge in [0.25, 0.3) is 0 Å². The van der Waals surface area contributed by atoms with Gasteiger partial charge in [0.2, 0.25) is 5.75 Å². The molecule has 42 heavy (non-hydrogen) atoms. The summed E-state index contributed by atoms with van der Waals surface area (Å²) in [6.07, 6.45) is 11.4. The van der Waals surface area contributed by atoms with Crippen molar-refractivity contribution in [2.75, 3.05) is 26.7 Å². The average molecular weight is 589 g/mol. The van der Waals surface area contributed by atoms with Crippen LogP contribution in [0.4, 0.5) is 5.82 Å². The number of nitro groups is 1. The topological polar surface area (TPSA) is 99.9 Å². The maximum Gasteiger partial charge on any atom is 0.406 e. The van der Waals surface area contributed by atoms with E-state index in [2.05, 4.69) is 33.8 Å². The van der Waals surface area contributed by atoms with Gasteiger partial charge in [-0.15, -0.1) is 11.3 Å². The van der Waals surface area contributed by atoms with Gasteiger partial charge in [-0.1, -0.05) is 24.0 Å². The summed E-state index contributed by atoms with van der Waals surface area (Å²) >= 11 is 1.63. The number of thiazole rings is 1. The quantitative estimate of drug-likeness (QED) is 0.171. The van der Waals surface area contributed by atoms with Crippen molar-refractivity contribution in [3.63, 3.8) is 0 Å². The largest absolute Gasteiger partial charge is 0.481 e. The fourth-order valence-corrected chi connectivity index (χ4v) is 6.66. The zero-order chi connectivity index (χ0) is 28.9. The van der Waals surface area contributed by atoms with E-state index in [1.165, 1.54) is 6.20 Å². The Morgan fingerprint density at radius 3 is 2.74 bits per heavy atom. The van der Waals surface area contributed by atoms with Crippen molar-refractivity contribution in [1.82, 2.24) is 14.9 Å². The van der Waals surface area contributed by atoms with Crippen molar-refractivity contribution >= 4 is 17.2 Å². The Morgan fingerprint density at radius 1 is 1.14 bits per heavy atom. The summed E-state index contributed by atoms with van der Waals surface area (Å²) in [4.78, 5) is 23.3. The van der Waals surface area contributed by atoms with Crippen LogP contribution in [0, 0.1) is 22.0 Å². The number of benzene rings is 1. The highest BCUT2D eigenvalue weighted by Gasteiger charge is 2.39. The second-order valence-electron chi connectivity index (χ2n) is 11.4. The molecular weight excluding hydrogens is 552 g/mol. The van der Waals surface area contributed by atoms with Crippen molar-refractivity contribution in [3.05, 3.63) is 69.0 Å². The van der Waals surface area contributed by atoms with Gasteiger partial charge in [-0.25, -0.2) is 4.98 Å². The molecule has 4 heterocycles. The second kappa shape index (κ2) is 12.9. The van der Waals surface area contributed by atoms with Crippen molar-refractivity contribution in [1.29, 1.82) is 0 Å². The highest BCUT2D eigenvalue weighted by molar-refractivity contribution is 7.15. The number of piperidine rings is 1. The van der Waals surface area contributed by atoms with Crippen LogP contribution in [-0.4, -0.2) is 58.4 Å². The minimum absolute atomic E-state index is 0.137. The van der Waals surface area contributed by atoms with Crippen LogP contribution in [0.1, 0.15) is 73.4 Å². The molecular formula is C32H36N4O5S. The molecule has 1 atom stereocenters. The number of rotatable bonds is 8. The number of aromatic nitrogens is 2. The second-order valence-corrected chi connectivity index (χ2v) is 12.5. The van der Waals surface area contributed by atoms with Crippen LogP contribution in [0.3, 0.4) is 0 Å². The van der Waals surface area contributed by atoms with Crippen LogP contribution in [0.2, 0.25) is 0 Å². The van der Waals surface area contributed by atoms with Crippen molar-refractivity contribution in [3.8, 4) is 28.0 Å². The lowest BCUT2D eigenvalue weighted by Crippen LogP contribution is -2.43. The molecule has 0 radical (unpaired) electrons. The standard InChI is InChI=1S/C32H36N4O5S/c1-35-15-10-25(11-16-35)31-34-21-28(42-31)26-19-27(30(33-20-26)36(37)38)40-22-24-7-4-6-23(18-24)9-14-32(12-5-13-32)41-29-8-2-3-17-39-29/h4,6-7,18-21,25,29H,2-3,5,8,10-13,15-17,22H2,1H3. The van der Waals surface area contributed by atoms with Gasteiger partial charge >= 0.3 is 5.82 Å². The van der Waals surface area contributed by atoms with E-state index in [0.717, 1.165) is 97.6 Å². The lowest BCUT2D eigenvalue weighted by molar-refractivity contribution is -0.390. The van der Waals surface area contributed by atoms with E-state index in [9.17, 15) is 10.1 Å². The molecule has 1 unspecified atom stereocenters. The third kappa shape index (κ3) is 6.81. The van der Waals surface area contributed by atoms with E-state index in [0.29, 0.717) is 5.92 Å². The summed E-state index contributed by atoms with van der Waals surface area (Å²) in [7, 11) is 2.14. The Morgan fingerprint density at radius 2 is 2.00 bits per heavy atom. The molecule has 1 aliphatic carbocycles. The monoisotopic (exact) mass is 588 g/mol. The summed E-state index contributed by atoms with van der Waals surface area (Å²) in [6, 6.07) is 9.46. The molecule has 1 aromatic carbocycles. The van der Waals surface area contributed by atoms with Gasteiger partial charge in [-0.05, 0) is 99.1 Å². The fourth-order valence-electron chi connectivity index (χ4n) is 5.59. The van der Waals surface area contributed by atoms with E-state index < -0.39 is 10.5 Å². The smallest absolute Gasteiger partial charge is 0.406 e. The number of pyridine rings is 1. The van der Waals surface area contributed by atoms with E-state index in [1.807, 2.05) is 30.5 Å². The van der Waals surface area contributed by atoms with Gasteiger partial charge < -0.3 is 29.2 Å². The van der Waals surface area contributed by atoms with Gasteiger partial charge in [0.05, 0.1) is 9.88 Å². The number of ether oxygens (including phenoxy) is 3. The fraction of sp³-hybridized carbons (Fsp3) is 0.500. The van der Waals surface area contributed by atoms with Crippen molar-refractivity contribution < 1.29 is 19.1 Å². The molecule has 0 amide bonds. The molecule has 6 rings (SSSR count). The maximum atomic E-state index is 11.7. The first kappa shape index (κ1) is 28.7. The number of hydrogen-bond donors (Lipinski definition) is 0. The summed E-state index contributed by atoms with van der Waals surface area (Å²) < 4.78 is 18.1. The third-order valence-corrected chi connectivity index (χ3v) is 9.50. The predicted octanol–water partition coefficient (Wildman–Crippen LogP) is 6.32. The molecule has 3 aromatic rings. The van der Waals surface area contributed by atoms with Gasteiger partial charge in [-0.2, -0.15) is 0 Å². The highest BCUT2D eigenvalue weighted by Crippen LogP contribution is 2.39. The summed E-state index contributed by atoms with van der Waals surface area (Å²) in [6.45, 7) is 3.03. The Kier molecular flexibility index (Phi) is 8.81. The number of nitrogens with zero attached hydrogens (tertiary/aromatic N) is 4. The molecule has 220 valence electrons. The third-order valence-electron chi connectivity index (χ3n) is 8.29. The van der Waals surface area contributed by atoms with Crippen LogP contribution in [-0.2, 0) is 16.1 Å². The average Bonchev–Trinajstić information content (AvgIpc) is 3.49. The van der Waals surface area contributed by atoms with E-state index in [1.54, 1.807) is 17.4 Å². The van der Waals surface area contributed by atoms with Crippen LogP contribution in [0.25, 0.3) is 10.4 Å². The lowest BCUT2D eigenvalue weighted by atomic mass is 9.80. The Labute approximate surface area is 250 Å². The number of hydrogen-bond acceptors (Lipinski definition) is 9. The highest BCUT2D eigenvalue weighted by atomic mass is 32.1. The molecule has 10 heteroatoms. The minimum Gasteiger partial charge on any atom is -0.481 e. The van der Waals surface area contributed by atoms with Gasteiger partial charge in [0, 0.05) is 35.9 Å². The zero-order valence-corrected chi connectivity index (χ0v) is 24.7. The Hall–Kier alpha value is -3.36. The summed E-state index contributed by atoms with van der Waals surface area (Å²) in [5.41, 5.74) is 2.04. The molecule has 2 saturated heterocycles. The molecule has 0 N–H and O–H groups in total. The van der Waals surface area contributed by atoms with Crippen LogP contribution < -0.4 is 4.74 Å². The van der Waals surface area contributed by atoms with Crippen molar-refractivity contribution in [2.45, 2.75) is 75.8 Å². The minimum atomic E-state index is -0.508. The zero-order valence-electron chi connectivity index (χ0n) is 23.9. The lowest BCUT2D eigenvalue weighted by Gasteiger charge is -2.40. The first-order chi connectivity index (χ1) is 20.5. The molecule has 9 nitrogen and oxygen atoms in total. The predicted molar refractivity (Wildman–Crippen MR) is 160 cm³/mol. The van der Waals surface area contributed by atoms with Crippen molar-refractivity contribution in [2.24, 2.45) is 0 Å². The maximum absolute atomic E-state index is 11.7. The first-order valence-electron chi connectivity index (χ1n) is 14.8. The van der Waals surface area contributed by atoms with E-state index in [4.69, 9.17) is 14.2 Å². The molecule has 0 spiro atoms. The van der Waals surface area contributed by atoms with E-state index >= 15 is 0 Å². The Bertz CT molecular complexity index is 1460. The molecule has 0 bridgehead atoms. The molecule has 2 aromatic heterocycles. The van der Waals surface area contributed by atoms with Gasteiger partial charge in [-0.3, -0.25) is 0 Å². The van der Waals surface area contributed by atoms with Crippen LogP contribution in [0.5, 0.6) is 5.75 Å². The summed E-state index contributed by atoms with van der Waals surface area (Å²) in [5.74, 6) is 6.95. The normalized spacial score (nSPS) is 20.7. The molecule has 3 aliphatic rings. The molecule has 1 saturated carbocycles. The van der Waals surface area contributed by atoms with Crippen LogP contribution >= 0.6 is 11.3 Å². The van der Waals surface area contributed by atoms with Gasteiger partial charge in [0.15, 0.2) is 6.29 Å². The first-order valence-corrected chi connectivity index (χ1v) is 15.6. The van der Waals surface area contributed by atoms with E-state index in [-0.39, 0.29) is 24.5 Å². The molecule has 2 aliphatic heterocycles. The SMILES string of the molecule is CN1CCC(c2ncc(-c3cnc([N+](=O)[O-])c(OCc4cccc(C#CC5(OC6CCCCO6)CCC5)c4)c3)s2)CC1.